The van der Waals surface area contributed by atoms with E-state index in [0.29, 0.717) is 24.7 Å². The molecule has 21 heavy (non-hydrogen) atoms. The van der Waals surface area contributed by atoms with Gasteiger partial charge in [0.1, 0.15) is 0 Å². The minimum atomic E-state index is -0.0799. The second-order valence-electron chi connectivity index (χ2n) is 6.06. The van der Waals surface area contributed by atoms with Crippen molar-refractivity contribution in [2.75, 3.05) is 6.54 Å². The maximum absolute atomic E-state index is 11.9. The van der Waals surface area contributed by atoms with Crippen molar-refractivity contribution in [3.05, 3.63) is 35.4 Å². The van der Waals surface area contributed by atoms with E-state index in [1.807, 2.05) is 12.1 Å². The molecule has 0 radical (unpaired) electrons. The number of aryl methyl sites for hydroxylation is 1. The molecule has 3 atom stereocenters. The predicted molar refractivity (Wildman–Crippen MR) is 82.1 cm³/mol. The van der Waals surface area contributed by atoms with Gasteiger partial charge in [0.2, 0.25) is 0 Å². The number of carbonyl (C=O) groups excluding carboxylic acids is 1. The molecule has 4 heteroatoms. The Hall–Kier alpha value is -1.55. The monoisotopic (exact) mass is 288 g/mol. The summed E-state index contributed by atoms with van der Waals surface area (Å²) in [5.41, 5.74) is 2.48. The molecule has 0 aromatic heterocycles. The van der Waals surface area contributed by atoms with Crippen molar-refractivity contribution >= 4 is 6.03 Å². The van der Waals surface area contributed by atoms with Crippen molar-refractivity contribution < 1.29 is 9.53 Å². The summed E-state index contributed by atoms with van der Waals surface area (Å²) in [7, 11) is 0. The molecular formula is C17H24N2O2. The van der Waals surface area contributed by atoms with E-state index in [1.165, 1.54) is 17.5 Å². The van der Waals surface area contributed by atoms with Crippen molar-refractivity contribution in [1.29, 1.82) is 0 Å². The molecule has 0 unspecified atom stereocenters. The molecular weight excluding hydrogens is 264 g/mol. The number of hydrogen-bond donors (Lipinski definition) is 2. The Morgan fingerprint density at radius 3 is 2.71 bits per heavy atom. The number of carbonyl (C=O) groups is 1. The summed E-state index contributed by atoms with van der Waals surface area (Å²) in [5, 5.41) is 5.94. The van der Waals surface area contributed by atoms with Crippen LogP contribution in [-0.2, 0) is 17.7 Å². The quantitative estimate of drug-likeness (QED) is 0.875. The Balaban J connectivity index is 1.42. The molecule has 2 aliphatic rings. The molecule has 2 bridgehead atoms. The maximum atomic E-state index is 11.9. The second-order valence-corrected chi connectivity index (χ2v) is 6.06. The highest BCUT2D eigenvalue weighted by molar-refractivity contribution is 5.73. The van der Waals surface area contributed by atoms with Crippen LogP contribution in [0.3, 0.4) is 0 Å². The van der Waals surface area contributed by atoms with Crippen LogP contribution < -0.4 is 10.6 Å². The zero-order valence-electron chi connectivity index (χ0n) is 12.6. The van der Waals surface area contributed by atoms with Crippen molar-refractivity contribution in [2.24, 2.45) is 5.92 Å². The lowest BCUT2D eigenvalue weighted by molar-refractivity contribution is 0.0927. The molecule has 0 aliphatic carbocycles. The highest BCUT2D eigenvalue weighted by Crippen LogP contribution is 2.38. The molecule has 2 amide bonds. The zero-order chi connectivity index (χ0) is 14.7. The first-order valence-electron chi connectivity index (χ1n) is 8.00. The number of rotatable bonds is 5. The molecule has 2 N–H and O–H groups in total. The van der Waals surface area contributed by atoms with Gasteiger partial charge in [-0.2, -0.15) is 0 Å². The Morgan fingerprint density at radius 1 is 1.24 bits per heavy atom. The van der Waals surface area contributed by atoms with Crippen LogP contribution in [0.4, 0.5) is 4.79 Å². The van der Waals surface area contributed by atoms with Gasteiger partial charge in [-0.15, -0.1) is 0 Å². The summed E-state index contributed by atoms with van der Waals surface area (Å²) >= 11 is 0. The summed E-state index contributed by atoms with van der Waals surface area (Å²) in [6, 6.07) is 8.16. The highest BCUT2D eigenvalue weighted by Gasteiger charge is 2.40. The van der Waals surface area contributed by atoms with E-state index in [4.69, 9.17) is 4.74 Å². The molecule has 0 saturated carbocycles. The molecule has 2 aliphatic heterocycles. The zero-order valence-corrected chi connectivity index (χ0v) is 12.6. The predicted octanol–water partition coefficient (Wildman–Crippen LogP) is 2.62. The summed E-state index contributed by atoms with van der Waals surface area (Å²) < 4.78 is 5.81. The fourth-order valence-electron chi connectivity index (χ4n) is 3.49. The lowest BCUT2D eigenvalue weighted by Gasteiger charge is -2.19. The van der Waals surface area contributed by atoms with E-state index in [-0.39, 0.29) is 6.03 Å². The number of hydrogen-bond acceptors (Lipinski definition) is 2. The third-order valence-electron chi connectivity index (χ3n) is 4.70. The van der Waals surface area contributed by atoms with Crippen molar-refractivity contribution in [2.45, 2.75) is 51.4 Å². The molecule has 1 aromatic rings. The van der Waals surface area contributed by atoms with Crippen LogP contribution in [0.5, 0.6) is 0 Å². The minimum absolute atomic E-state index is 0.0799. The van der Waals surface area contributed by atoms with E-state index < -0.39 is 0 Å². The number of ether oxygens (including phenoxy) is 1. The second kappa shape index (κ2) is 6.48. The highest BCUT2D eigenvalue weighted by atomic mass is 16.5. The van der Waals surface area contributed by atoms with Crippen LogP contribution in [0.25, 0.3) is 0 Å². The maximum Gasteiger partial charge on any atom is 0.315 e. The number of benzene rings is 1. The summed E-state index contributed by atoms with van der Waals surface area (Å²) in [5.74, 6) is 0.498. The van der Waals surface area contributed by atoms with Gasteiger partial charge in [-0.25, -0.2) is 4.79 Å². The first kappa shape index (κ1) is 14.4. The summed E-state index contributed by atoms with van der Waals surface area (Å²) in [6.45, 7) is 3.44. The largest absolute Gasteiger partial charge is 0.375 e. The first-order valence-corrected chi connectivity index (χ1v) is 8.00. The van der Waals surface area contributed by atoms with Crippen LogP contribution in [0.1, 0.15) is 37.3 Å². The third-order valence-corrected chi connectivity index (χ3v) is 4.70. The van der Waals surface area contributed by atoms with E-state index in [0.717, 1.165) is 25.8 Å². The number of amides is 2. The molecule has 4 nitrogen and oxygen atoms in total. The van der Waals surface area contributed by atoms with Gasteiger partial charge in [0.05, 0.1) is 12.2 Å². The SMILES string of the molecule is CCc1ccccc1CNC(=O)NC[C@H]1C[C@H]2CC[C@H]1O2. The van der Waals surface area contributed by atoms with Crippen LogP contribution in [0.15, 0.2) is 24.3 Å². The smallest absolute Gasteiger partial charge is 0.315 e. The van der Waals surface area contributed by atoms with Gasteiger partial charge in [-0.1, -0.05) is 31.2 Å². The third kappa shape index (κ3) is 3.38. The van der Waals surface area contributed by atoms with Crippen LogP contribution in [-0.4, -0.2) is 24.8 Å². The topological polar surface area (TPSA) is 50.4 Å². The normalized spacial score (nSPS) is 26.8. The van der Waals surface area contributed by atoms with Crippen molar-refractivity contribution in [3.63, 3.8) is 0 Å². The standard InChI is InChI=1S/C17H24N2O2/c1-2-12-5-3-4-6-13(12)10-18-17(20)19-11-14-9-15-7-8-16(14)21-15/h3-6,14-16H,2,7-11H2,1H3,(H2,18,19,20)/t14-,15-,16-/m1/s1. The van der Waals surface area contributed by atoms with Crippen LogP contribution in [0, 0.1) is 5.92 Å². The van der Waals surface area contributed by atoms with E-state index in [2.05, 4.69) is 29.7 Å². The van der Waals surface area contributed by atoms with Gasteiger partial charge in [-0.3, -0.25) is 0 Å². The summed E-state index contributed by atoms with van der Waals surface area (Å²) in [6.07, 6.45) is 5.26. The molecule has 1 aromatic carbocycles. The first-order chi connectivity index (χ1) is 10.3. The molecule has 2 saturated heterocycles. The molecule has 114 valence electrons. The van der Waals surface area contributed by atoms with Gasteiger partial charge in [0.15, 0.2) is 0 Å². The number of urea groups is 1. The fraction of sp³-hybridized carbons (Fsp3) is 0.588. The molecule has 2 fully saturated rings. The van der Waals surface area contributed by atoms with E-state index in [1.54, 1.807) is 0 Å². The van der Waals surface area contributed by atoms with E-state index >= 15 is 0 Å². The van der Waals surface area contributed by atoms with E-state index in [9.17, 15) is 4.79 Å². The van der Waals surface area contributed by atoms with Crippen molar-refractivity contribution in [3.8, 4) is 0 Å². The average Bonchev–Trinajstić information content (AvgIpc) is 3.14. The Morgan fingerprint density at radius 2 is 2.05 bits per heavy atom. The van der Waals surface area contributed by atoms with Gasteiger partial charge in [-0.05, 0) is 36.8 Å². The Labute approximate surface area is 126 Å². The average molecular weight is 288 g/mol. The number of fused-ring (bicyclic) bond motifs is 2. The lowest BCUT2D eigenvalue weighted by atomic mass is 9.89. The van der Waals surface area contributed by atoms with Crippen LogP contribution >= 0.6 is 0 Å². The van der Waals surface area contributed by atoms with Crippen molar-refractivity contribution in [1.82, 2.24) is 10.6 Å². The fourth-order valence-corrected chi connectivity index (χ4v) is 3.49. The van der Waals surface area contributed by atoms with Crippen LogP contribution in [0.2, 0.25) is 0 Å². The summed E-state index contributed by atoms with van der Waals surface area (Å²) in [4.78, 5) is 11.9. The molecule has 2 heterocycles. The Bertz CT molecular complexity index is 503. The minimum Gasteiger partial charge on any atom is -0.375 e. The molecule has 0 spiro atoms. The van der Waals surface area contributed by atoms with Gasteiger partial charge in [0, 0.05) is 19.0 Å². The van der Waals surface area contributed by atoms with Gasteiger partial charge < -0.3 is 15.4 Å². The van der Waals surface area contributed by atoms with Gasteiger partial charge in [0.25, 0.3) is 0 Å². The van der Waals surface area contributed by atoms with Gasteiger partial charge >= 0.3 is 6.03 Å². The molecule has 3 rings (SSSR count). The number of nitrogens with one attached hydrogen (secondary N) is 2. The Kier molecular flexibility index (Phi) is 4.44. The lowest BCUT2D eigenvalue weighted by Crippen LogP contribution is -2.39.